The molecular formula is C21H28N2O4S2. The summed E-state index contributed by atoms with van der Waals surface area (Å²) < 4.78 is 54.4. The van der Waals surface area contributed by atoms with Crippen LogP contribution in [0.3, 0.4) is 0 Å². The van der Waals surface area contributed by atoms with E-state index in [1.54, 1.807) is 24.3 Å². The van der Waals surface area contributed by atoms with Gasteiger partial charge in [-0.1, -0.05) is 39.0 Å². The summed E-state index contributed by atoms with van der Waals surface area (Å²) in [6, 6.07) is 12.2. The van der Waals surface area contributed by atoms with Gasteiger partial charge in [0, 0.05) is 18.8 Å². The SMILES string of the molecule is CCCS(=O)(=O)N1CCc2ccc(NS(=O)(=O)c3ccc(C(C)C)cc3)cc2C1. The fraction of sp³-hybridized carbons (Fsp3) is 0.429. The Balaban J connectivity index is 1.81. The van der Waals surface area contributed by atoms with E-state index in [9.17, 15) is 16.8 Å². The molecule has 0 saturated heterocycles. The van der Waals surface area contributed by atoms with Crippen LogP contribution in [0.4, 0.5) is 5.69 Å². The molecule has 1 N–H and O–H groups in total. The Hall–Kier alpha value is -1.90. The van der Waals surface area contributed by atoms with Gasteiger partial charge in [-0.15, -0.1) is 0 Å². The van der Waals surface area contributed by atoms with E-state index in [1.165, 1.54) is 4.31 Å². The lowest BCUT2D eigenvalue weighted by Crippen LogP contribution is -2.37. The Kier molecular flexibility index (Phi) is 6.36. The molecule has 6 nitrogen and oxygen atoms in total. The highest BCUT2D eigenvalue weighted by molar-refractivity contribution is 7.92. The zero-order chi connectivity index (χ0) is 21.2. The molecule has 0 aliphatic carbocycles. The molecule has 0 radical (unpaired) electrons. The Morgan fingerprint density at radius 3 is 2.31 bits per heavy atom. The maximum Gasteiger partial charge on any atom is 0.261 e. The van der Waals surface area contributed by atoms with Crippen molar-refractivity contribution in [3.05, 3.63) is 59.2 Å². The van der Waals surface area contributed by atoms with E-state index < -0.39 is 20.0 Å². The summed E-state index contributed by atoms with van der Waals surface area (Å²) in [5, 5.41) is 0. The van der Waals surface area contributed by atoms with Crippen molar-refractivity contribution < 1.29 is 16.8 Å². The molecule has 8 heteroatoms. The zero-order valence-electron chi connectivity index (χ0n) is 17.1. The smallest absolute Gasteiger partial charge is 0.261 e. The lowest BCUT2D eigenvalue weighted by Gasteiger charge is -2.28. The molecule has 0 atom stereocenters. The van der Waals surface area contributed by atoms with Gasteiger partial charge in [0.05, 0.1) is 10.6 Å². The van der Waals surface area contributed by atoms with E-state index in [4.69, 9.17) is 0 Å². The van der Waals surface area contributed by atoms with Gasteiger partial charge in [0.25, 0.3) is 10.0 Å². The summed E-state index contributed by atoms with van der Waals surface area (Å²) in [6.07, 6.45) is 1.20. The minimum atomic E-state index is -3.71. The van der Waals surface area contributed by atoms with Crippen LogP contribution in [0.15, 0.2) is 47.4 Å². The summed E-state index contributed by atoms with van der Waals surface area (Å²) in [4.78, 5) is 0.201. The van der Waals surface area contributed by atoms with E-state index in [0.29, 0.717) is 31.0 Å². The van der Waals surface area contributed by atoms with Crippen molar-refractivity contribution in [3.63, 3.8) is 0 Å². The lowest BCUT2D eigenvalue weighted by atomic mass is 10.0. The van der Waals surface area contributed by atoms with E-state index >= 15 is 0 Å². The molecule has 1 aliphatic rings. The number of sulfonamides is 2. The Bertz CT molecular complexity index is 1080. The second kappa shape index (κ2) is 8.45. The van der Waals surface area contributed by atoms with Crippen LogP contribution in [0.2, 0.25) is 0 Å². The summed E-state index contributed by atoms with van der Waals surface area (Å²) >= 11 is 0. The highest BCUT2D eigenvalue weighted by Gasteiger charge is 2.26. The predicted molar refractivity (Wildman–Crippen MR) is 116 cm³/mol. The van der Waals surface area contributed by atoms with Gasteiger partial charge in [0.2, 0.25) is 10.0 Å². The Labute approximate surface area is 174 Å². The molecule has 158 valence electrons. The van der Waals surface area contributed by atoms with Gasteiger partial charge < -0.3 is 0 Å². The number of rotatable bonds is 7. The summed E-state index contributed by atoms with van der Waals surface area (Å²) in [7, 11) is -7.00. The molecule has 0 spiro atoms. The molecule has 2 aromatic rings. The standard InChI is InChI=1S/C21H28N2O4S2/c1-4-13-28(24,25)23-12-11-18-5-8-20(14-19(18)15-23)22-29(26,27)21-9-6-17(7-10-21)16(2)3/h5-10,14,16,22H,4,11-13,15H2,1-3H3. The van der Waals surface area contributed by atoms with Crippen LogP contribution >= 0.6 is 0 Å². The predicted octanol–water partition coefficient (Wildman–Crippen LogP) is 3.71. The van der Waals surface area contributed by atoms with Crippen LogP contribution in [0.25, 0.3) is 0 Å². The molecule has 1 aliphatic heterocycles. The molecule has 2 aromatic carbocycles. The van der Waals surface area contributed by atoms with Crippen molar-refractivity contribution >= 4 is 25.7 Å². The molecule has 0 aromatic heterocycles. The van der Waals surface area contributed by atoms with Crippen molar-refractivity contribution in [2.75, 3.05) is 17.0 Å². The van der Waals surface area contributed by atoms with Crippen LogP contribution in [-0.4, -0.2) is 33.4 Å². The average Bonchev–Trinajstić information content (AvgIpc) is 2.67. The minimum absolute atomic E-state index is 0.126. The first-order valence-electron chi connectivity index (χ1n) is 9.85. The molecule has 0 unspecified atom stereocenters. The number of hydrogen-bond acceptors (Lipinski definition) is 4. The van der Waals surface area contributed by atoms with Gasteiger partial charge in [-0.2, -0.15) is 4.31 Å². The number of fused-ring (bicyclic) bond motifs is 1. The highest BCUT2D eigenvalue weighted by atomic mass is 32.2. The quantitative estimate of drug-likeness (QED) is 0.717. The first kappa shape index (κ1) is 21.8. The molecule has 0 saturated carbocycles. The summed E-state index contributed by atoms with van der Waals surface area (Å²) in [6.45, 7) is 6.69. The van der Waals surface area contributed by atoms with E-state index in [-0.39, 0.29) is 17.2 Å². The first-order valence-corrected chi connectivity index (χ1v) is 12.9. The monoisotopic (exact) mass is 436 g/mol. The highest BCUT2D eigenvalue weighted by Crippen LogP contribution is 2.26. The molecule has 0 amide bonds. The van der Waals surface area contributed by atoms with Crippen molar-refractivity contribution in [2.45, 2.75) is 51.0 Å². The van der Waals surface area contributed by atoms with Gasteiger partial charge in [-0.3, -0.25) is 4.72 Å². The van der Waals surface area contributed by atoms with Crippen LogP contribution in [0, 0.1) is 0 Å². The van der Waals surface area contributed by atoms with Crippen molar-refractivity contribution in [1.29, 1.82) is 0 Å². The topological polar surface area (TPSA) is 83.6 Å². The number of nitrogens with one attached hydrogen (secondary N) is 1. The third kappa shape index (κ3) is 4.99. The van der Waals surface area contributed by atoms with Gasteiger partial charge in [0.15, 0.2) is 0 Å². The van der Waals surface area contributed by atoms with Crippen molar-refractivity contribution in [2.24, 2.45) is 0 Å². The fourth-order valence-electron chi connectivity index (χ4n) is 3.47. The molecular weight excluding hydrogens is 408 g/mol. The molecule has 29 heavy (non-hydrogen) atoms. The Morgan fingerprint density at radius 2 is 1.69 bits per heavy atom. The molecule has 1 heterocycles. The minimum Gasteiger partial charge on any atom is -0.280 e. The van der Waals surface area contributed by atoms with Gasteiger partial charge in [-0.25, -0.2) is 16.8 Å². The van der Waals surface area contributed by atoms with Crippen LogP contribution in [0.1, 0.15) is 49.8 Å². The van der Waals surface area contributed by atoms with Crippen LogP contribution in [-0.2, 0) is 33.0 Å². The number of nitrogens with zero attached hydrogens (tertiary/aromatic N) is 1. The average molecular weight is 437 g/mol. The number of benzene rings is 2. The molecule has 0 fully saturated rings. The molecule has 3 rings (SSSR count). The zero-order valence-corrected chi connectivity index (χ0v) is 18.7. The second-order valence-corrected chi connectivity index (χ2v) is 11.5. The van der Waals surface area contributed by atoms with Gasteiger partial charge >= 0.3 is 0 Å². The van der Waals surface area contributed by atoms with Crippen molar-refractivity contribution in [1.82, 2.24) is 4.31 Å². The normalized spacial score (nSPS) is 15.3. The van der Waals surface area contributed by atoms with E-state index in [0.717, 1.165) is 16.7 Å². The second-order valence-electron chi connectivity index (χ2n) is 7.71. The van der Waals surface area contributed by atoms with Gasteiger partial charge in [-0.05, 0) is 59.7 Å². The van der Waals surface area contributed by atoms with E-state index in [2.05, 4.69) is 18.6 Å². The summed E-state index contributed by atoms with van der Waals surface area (Å²) in [5.74, 6) is 0.452. The van der Waals surface area contributed by atoms with E-state index in [1.807, 2.05) is 25.1 Å². The fourth-order valence-corrected chi connectivity index (χ4v) is 5.99. The lowest BCUT2D eigenvalue weighted by molar-refractivity contribution is 0.391. The maximum absolute atomic E-state index is 12.7. The maximum atomic E-state index is 12.7. The third-order valence-corrected chi connectivity index (χ3v) is 8.57. The van der Waals surface area contributed by atoms with Gasteiger partial charge in [0.1, 0.15) is 0 Å². The largest absolute Gasteiger partial charge is 0.280 e. The summed E-state index contributed by atoms with van der Waals surface area (Å²) in [5.41, 5.74) is 3.40. The Morgan fingerprint density at radius 1 is 1.00 bits per heavy atom. The molecule has 0 bridgehead atoms. The number of hydrogen-bond donors (Lipinski definition) is 1. The third-order valence-electron chi connectivity index (χ3n) is 5.15. The van der Waals surface area contributed by atoms with Crippen molar-refractivity contribution in [3.8, 4) is 0 Å². The first-order chi connectivity index (χ1) is 13.6. The van der Waals surface area contributed by atoms with Crippen LogP contribution < -0.4 is 4.72 Å². The van der Waals surface area contributed by atoms with Crippen LogP contribution in [0.5, 0.6) is 0 Å². The number of anilines is 1.